The molecule has 2 aromatic heterocycles. The van der Waals surface area contributed by atoms with E-state index in [1.165, 1.54) is 5.56 Å². The molecule has 3 aromatic carbocycles. The molecule has 0 radical (unpaired) electrons. The first kappa shape index (κ1) is 21.4. The zero-order valence-electron chi connectivity index (χ0n) is 18.7. The molecule has 2 heterocycles. The third-order valence-corrected chi connectivity index (χ3v) is 7.05. The molecule has 164 valence electrons. The van der Waals surface area contributed by atoms with Crippen molar-refractivity contribution in [1.82, 2.24) is 9.55 Å². The topological polar surface area (TPSA) is 38.1 Å². The van der Waals surface area contributed by atoms with Crippen LogP contribution in [-0.4, -0.2) is 14.7 Å². The Morgan fingerprint density at radius 2 is 1.27 bits per heavy atom. The van der Waals surface area contributed by atoms with Gasteiger partial charge in [0, 0.05) is 17.1 Å². The van der Waals surface area contributed by atoms with Crippen LogP contribution in [0.25, 0.3) is 11.4 Å². The van der Waals surface area contributed by atoms with Crippen LogP contribution in [0.15, 0.2) is 108 Å². The number of aryl methyl sites for hydroxylation is 1. The monoisotopic (exact) mass is 450 g/mol. The van der Waals surface area contributed by atoms with Crippen LogP contribution in [0.4, 0.5) is 0 Å². The van der Waals surface area contributed by atoms with Crippen molar-refractivity contribution in [1.29, 1.82) is 0 Å². The Hall–Kier alpha value is -3.47. The zero-order chi connectivity index (χ0) is 22.8. The van der Waals surface area contributed by atoms with Gasteiger partial charge in [-0.15, -0.1) is 0 Å². The summed E-state index contributed by atoms with van der Waals surface area (Å²) < 4.78 is 2.25. The van der Waals surface area contributed by atoms with E-state index in [4.69, 9.17) is 4.98 Å². The third-order valence-electron chi connectivity index (χ3n) is 6.19. The highest BCUT2D eigenvalue weighted by molar-refractivity contribution is 7.08. The molecule has 4 heteroatoms. The molecule has 0 saturated carbocycles. The Morgan fingerprint density at radius 3 is 1.67 bits per heavy atom. The minimum Gasteiger partial charge on any atom is -0.387 e. The van der Waals surface area contributed by atoms with Gasteiger partial charge >= 0.3 is 0 Å². The van der Waals surface area contributed by atoms with E-state index >= 15 is 0 Å². The van der Waals surface area contributed by atoms with Gasteiger partial charge in [-0.25, -0.2) is 4.98 Å². The highest BCUT2D eigenvalue weighted by Gasteiger charge is 2.40. The number of aliphatic hydroxyl groups is 1. The lowest BCUT2D eigenvalue weighted by molar-refractivity contribution is 0.194. The summed E-state index contributed by atoms with van der Waals surface area (Å²) in [7, 11) is 0. The molecule has 1 N–H and O–H groups in total. The van der Waals surface area contributed by atoms with Crippen LogP contribution in [0.5, 0.6) is 0 Å². The van der Waals surface area contributed by atoms with Gasteiger partial charge in [0.15, 0.2) is 0 Å². The summed E-state index contributed by atoms with van der Waals surface area (Å²) in [5, 5.41) is 14.8. The molecular formula is C29H26N2OS. The van der Waals surface area contributed by atoms with Crippen LogP contribution in [0.2, 0.25) is 0 Å². The van der Waals surface area contributed by atoms with Crippen LogP contribution in [0, 0.1) is 6.92 Å². The van der Waals surface area contributed by atoms with E-state index in [1.54, 1.807) is 18.3 Å². The van der Waals surface area contributed by atoms with Gasteiger partial charge in [-0.2, -0.15) is 11.3 Å². The van der Waals surface area contributed by atoms with Crippen LogP contribution in [0.3, 0.4) is 0 Å². The lowest BCUT2D eigenvalue weighted by Gasteiger charge is -2.38. The lowest BCUT2D eigenvalue weighted by atomic mass is 9.76. The Bertz CT molecular complexity index is 1240. The van der Waals surface area contributed by atoms with Crippen molar-refractivity contribution in [3.8, 4) is 11.4 Å². The number of thiophene rings is 1. The molecule has 0 fully saturated rings. The molecule has 0 amide bonds. The molecule has 1 unspecified atom stereocenters. The van der Waals surface area contributed by atoms with Crippen LogP contribution >= 0.6 is 11.3 Å². The summed E-state index contributed by atoms with van der Waals surface area (Å²) >= 11 is 1.67. The molecule has 0 aliphatic carbocycles. The Labute approximate surface area is 198 Å². The maximum absolute atomic E-state index is 10.5. The van der Waals surface area contributed by atoms with Crippen LogP contribution in [0.1, 0.15) is 41.0 Å². The molecule has 33 heavy (non-hydrogen) atoms. The fraction of sp³-hybridized carbons (Fsp3) is 0.138. The summed E-state index contributed by atoms with van der Waals surface area (Å²) in [5.41, 5.74) is 5.63. The van der Waals surface area contributed by atoms with Crippen molar-refractivity contribution in [2.45, 2.75) is 25.5 Å². The molecule has 0 saturated heterocycles. The molecule has 5 rings (SSSR count). The second kappa shape index (κ2) is 8.81. The van der Waals surface area contributed by atoms with Gasteiger partial charge < -0.3 is 9.67 Å². The van der Waals surface area contributed by atoms with Gasteiger partial charge in [-0.3, -0.25) is 0 Å². The summed E-state index contributed by atoms with van der Waals surface area (Å²) in [6.45, 7) is 3.88. The predicted octanol–water partition coefficient (Wildman–Crippen LogP) is 6.81. The smallest absolute Gasteiger partial charge is 0.142 e. The summed E-state index contributed by atoms with van der Waals surface area (Å²) in [5.74, 6) is 0.848. The molecular weight excluding hydrogens is 424 g/mol. The highest BCUT2D eigenvalue weighted by Crippen LogP contribution is 2.44. The minimum absolute atomic E-state index is 0.655. The lowest BCUT2D eigenvalue weighted by Crippen LogP contribution is -2.38. The van der Waals surface area contributed by atoms with Crippen molar-refractivity contribution in [3.05, 3.63) is 136 Å². The number of hydrogen-bond acceptors (Lipinski definition) is 3. The van der Waals surface area contributed by atoms with Crippen molar-refractivity contribution in [2.75, 3.05) is 0 Å². The average molecular weight is 451 g/mol. The molecule has 0 spiro atoms. The third kappa shape index (κ3) is 3.62. The first-order valence-corrected chi connectivity index (χ1v) is 12.0. The SMILES string of the molecule is Cc1cscc1-c1nc(C(C)O)cn1C(c1ccccc1)(c1ccccc1)c1ccccc1. The average Bonchev–Trinajstić information content (AvgIpc) is 3.48. The minimum atomic E-state index is -0.677. The number of aliphatic hydroxyl groups excluding tert-OH is 1. The van der Waals surface area contributed by atoms with E-state index in [0.717, 1.165) is 28.1 Å². The van der Waals surface area contributed by atoms with Gasteiger partial charge in [0.05, 0.1) is 11.8 Å². The first-order chi connectivity index (χ1) is 16.1. The number of aromatic nitrogens is 2. The quantitative estimate of drug-likeness (QED) is 0.288. The fourth-order valence-electron chi connectivity index (χ4n) is 4.59. The largest absolute Gasteiger partial charge is 0.387 e. The predicted molar refractivity (Wildman–Crippen MR) is 136 cm³/mol. The number of rotatable bonds is 6. The fourth-order valence-corrected chi connectivity index (χ4v) is 5.42. The van der Waals surface area contributed by atoms with E-state index in [2.05, 4.69) is 95.0 Å². The molecule has 3 nitrogen and oxygen atoms in total. The molecule has 5 aromatic rings. The van der Waals surface area contributed by atoms with Crippen molar-refractivity contribution in [3.63, 3.8) is 0 Å². The summed E-state index contributed by atoms with van der Waals surface area (Å²) in [6.07, 6.45) is 1.34. The number of hydrogen-bond donors (Lipinski definition) is 1. The number of nitrogens with zero attached hydrogens (tertiary/aromatic N) is 2. The maximum Gasteiger partial charge on any atom is 0.142 e. The Balaban J connectivity index is 1.96. The van der Waals surface area contributed by atoms with Gasteiger partial charge in [0.2, 0.25) is 0 Å². The second-order valence-corrected chi connectivity index (χ2v) is 9.06. The van der Waals surface area contributed by atoms with E-state index in [1.807, 2.05) is 24.4 Å². The van der Waals surface area contributed by atoms with E-state index in [0.29, 0.717) is 5.69 Å². The number of benzene rings is 3. The number of imidazole rings is 1. The zero-order valence-corrected chi connectivity index (χ0v) is 19.5. The Kier molecular flexibility index (Phi) is 5.71. The maximum atomic E-state index is 10.5. The Morgan fingerprint density at radius 1 is 0.788 bits per heavy atom. The van der Waals surface area contributed by atoms with E-state index in [9.17, 15) is 5.11 Å². The second-order valence-electron chi connectivity index (χ2n) is 8.31. The van der Waals surface area contributed by atoms with E-state index < -0.39 is 11.6 Å². The van der Waals surface area contributed by atoms with Gasteiger partial charge in [0.25, 0.3) is 0 Å². The normalized spacial score (nSPS) is 12.6. The van der Waals surface area contributed by atoms with Gasteiger partial charge in [-0.1, -0.05) is 91.0 Å². The molecule has 0 bridgehead atoms. The molecule has 0 aliphatic rings. The van der Waals surface area contributed by atoms with Crippen LogP contribution < -0.4 is 0 Å². The van der Waals surface area contributed by atoms with Crippen molar-refractivity contribution >= 4 is 11.3 Å². The van der Waals surface area contributed by atoms with Gasteiger partial charge in [0.1, 0.15) is 11.4 Å². The van der Waals surface area contributed by atoms with Crippen molar-refractivity contribution in [2.24, 2.45) is 0 Å². The summed E-state index contributed by atoms with van der Waals surface area (Å²) in [6, 6.07) is 31.7. The van der Waals surface area contributed by atoms with Gasteiger partial charge in [-0.05, 0) is 41.5 Å². The first-order valence-electron chi connectivity index (χ1n) is 11.1. The van der Waals surface area contributed by atoms with Crippen LogP contribution in [-0.2, 0) is 5.54 Å². The molecule has 0 aliphatic heterocycles. The standard InChI is InChI=1S/C29H26N2OS/c1-21-19-33-20-26(21)28-30-27(22(2)32)18-31(28)29(23-12-6-3-7-13-23,24-14-8-4-9-15-24)25-16-10-5-11-17-25/h3-20,22,32H,1-2H3. The summed E-state index contributed by atoms with van der Waals surface area (Å²) in [4.78, 5) is 4.98. The van der Waals surface area contributed by atoms with Crippen molar-refractivity contribution < 1.29 is 5.11 Å². The van der Waals surface area contributed by atoms with E-state index in [-0.39, 0.29) is 0 Å². The molecule has 1 atom stereocenters. The highest BCUT2D eigenvalue weighted by atomic mass is 32.1.